The molecule has 0 saturated carbocycles. The molecule has 5 heteroatoms. The lowest BCUT2D eigenvalue weighted by Crippen LogP contribution is -2.44. The summed E-state index contributed by atoms with van der Waals surface area (Å²) in [6.07, 6.45) is 3.66. The van der Waals surface area contributed by atoms with Crippen molar-refractivity contribution < 1.29 is 4.79 Å². The lowest BCUT2D eigenvalue weighted by Gasteiger charge is -2.27. The van der Waals surface area contributed by atoms with Crippen LogP contribution in [0.3, 0.4) is 0 Å². The summed E-state index contributed by atoms with van der Waals surface area (Å²) in [4.78, 5) is 17.0. The first-order valence-corrected chi connectivity index (χ1v) is 8.81. The normalized spacial score (nSPS) is 16.0. The number of hydrogen-bond donors (Lipinski definition) is 2. The Morgan fingerprint density at radius 2 is 2.14 bits per heavy atom. The Balaban J connectivity index is 1.47. The number of nitrogens with zero attached hydrogens (tertiary/aromatic N) is 1. The second-order valence-corrected chi connectivity index (χ2v) is 7.03. The predicted octanol–water partition coefficient (Wildman–Crippen LogP) is 1.79. The maximum atomic E-state index is 11.8. The highest BCUT2D eigenvalue weighted by Crippen LogP contribution is 2.17. The van der Waals surface area contributed by atoms with Gasteiger partial charge in [-0.2, -0.15) is 0 Å². The number of hydrogen-bond acceptors (Lipinski definition) is 4. The van der Waals surface area contributed by atoms with Gasteiger partial charge in [0, 0.05) is 48.9 Å². The van der Waals surface area contributed by atoms with Gasteiger partial charge in [-0.15, -0.1) is 11.3 Å². The summed E-state index contributed by atoms with van der Waals surface area (Å²) in [5.74, 6) is 0.198. The summed E-state index contributed by atoms with van der Waals surface area (Å²) in [7, 11) is 0. The van der Waals surface area contributed by atoms with E-state index in [9.17, 15) is 4.79 Å². The third-order valence-corrected chi connectivity index (χ3v) is 4.87. The highest BCUT2D eigenvalue weighted by atomic mass is 32.1. The maximum Gasteiger partial charge on any atom is 0.220 e. The fraction of sp³-hybridized carbons (Fsp3) is 0.688. The molecule has 1 aromatic rings. The summed E-state index contributed by atoms with van der Waals surface area (Å²) in [5.41, 5.74) is 0. The average Bonchev–Trinajstić information content (AvgIpc) is 2.90. The molecule has 0 atom stereocenters. The molecule has 2 heterocycles. The quantitative estimate of drug-likeness (QED) is 0.720. The zero-order chi connectivity index (χ0) is 14.9. The molecule has 1 amide bonds. The van der Waals surface area contributed by atoms with E-state index in [0.717, 1.165) is 58.5 Å². The van der Waals surface area contributed by atoms with Crippen LogP contribution in [0.15, 0.2) is 12.1 Å². The molecule has 0 aliphatic carbocycles. The monoisotopic (exact) mass is 309 g/mol. The van der Waals surface area contributed by atoms with Gasteiger partial charge >= 0.3 is 0 Å². The van der Waals surface area contributed by atoms with Gasteiger partial charge in [0.25, 0.3) is 0 Å². The Morgan fingerprint density at radius 3 is 2.86 bits per heavy atom. The molecule has 21 heavy (non-hydrogen) atoms. The SMILES string of the molecule is Cc1ccc(CCCC(=O)NCCCN2CCNCC2)s1. The fourth-order valence-corrected chi connectivity index (χ4v) is 3.53. The van der Waals surface area contributed by atoms with Gasteiger partial charge < -0.3 is 15.5 Å². The minimum atomic E-state index is 0.198. The van der Waals surface area contributed by atoms with Gasteiger partial charge in [-0.25, -0.2) is 0 Å². The van der Waals surface area contributed by atoms with Crippen LogP contribution in [0.5, 0.6) is 0 Å². The zero-order valence-electron chi connectivity index (χ0n) is 13.0. The predicted molar refractivity (Wildman–Crippen MR) is 88.9 cm³/mol. The van der Waals surface area contributed by atoms with Crippen LogP contribution in [0.25, 0.3) is 0 Å². The van der Waals surface area contributed by atoms with Crippen molar-refractivity contribution in [1.82, 2.24) is 15.5 Å². The van der Waals surface area contributed by atoms with E-state index >= 15 is 0 Å². The first kappa shape index (κ1) is 16.5. The third-order valence-electron chi connectivity index (χ3n) is 3.81. The van der Waals surface area contributed by atoms with Gasteiger partial charge in [0.2, 0.25) is 5.91 Å². The van der Waals surface area contributed by atoms with E-state index in [0.29, 0.717) is 6.42 Å². The number of carbonyl (C=O) groups is 1. The zero-order valence-corrected chi connectivity index (χ0v) is 13.8. The minimum Gasteiger partial charge on any atom is -0.356 e. The van der Waals surface area contributed by atoms with Gasteiger partial charge in [-0.1, -0.05) is 0 Å². The van der Waals surface area contributed by atoms with Crippen molar-refractivity contribution in [2.24, 2.45) is 0 Å². The van der Waals surface area contributed by atoms with E-state index < -0.39 is 0 Å². The smallest absolute Gasteiger partial charge is 0.220 e. The summed E-state index contributed by atoms with van der Waals surface area (Å²) >= 11 is 1.83. The second-order valence-electron chi connectivity index (χ2n) is 5.66. The van der Waals surface area contributed by atoms with E-state index in [1.807, 2.05) is 11.3 Å². The van der Waals surface area contributed by atoms with Crippen LogP contribution in [0, 0.1) is 6.92 Å². The summed E-state index contributed by atoms with van der Waals surface area (Å²) in [6.45, 7) is 8.47. The van der Waals surface area contributed by atoms with Crippen LogP contribution < -0.4 is 10.6 Å². The van der Waals surface area contributed by atoms with Crippen LogP contribution >= 0.6 is 11.3 Å². The minimum absolute atomic E-state index is 0.198. The molecular formula is C16H27N3OS. The molecule has 2 rings (SSSR count). The van der Waals surface area contributed by atoms with Gasteiger partial charge in [-0.3, -0.25) is 4.79 Å². The largest absolute Gasteiger partial charge is 0.356 e. The first-order chi connectivity index (χ1) is 10.2. The summed E-state index contributed by atoms with van der Waals surface area (Å²) in [6, 6.07) is 4.32. The van der Waals surface area contributed by atoms with E-state index in [4.69, 9.17) is 0 Å². The van der Waals surface area contributed by atoms with Crippen LogP contribution in [-0.2, 0) is 11.2 Å². The number of thiophene rings is 1. The van der Waals surface area contributed by atoms with Crippen LogP contribution in [-0.4, -0.2) is 50.1 Å². The number of nitrogens with one attached hydrogen (secondary N) is 2. The summed E-state index contributed by atoms with van der Waals surface area (Å²) in [5, 5.41) is 6.39. The Labute approximate surface area is 131 Å². The molecule has 2 N–H and O–H groups in total. The molecule has 4 nitrogen and oxygen atoms in total. The van der Waals surface area contributed by atoms with Crippen molar-refractivity contribution >= 4 is 17.2 Å². The average molecular weight is 309 g/mol. The second kappa shape index (κ2) is 9.18. The Hall–Kier alpha value is -0.910. The molecule has 0 aromatic carbocycles. The molecule has 1 aliphatic heterocycles. The molecular weight excluding hydrogens is 282 g/mol. The molecule has 0 bridgehead atoms. The van der Waals surface area contributed by atoms with E-state index in [2.05, 4.69) is 34.6 Å². The number of piperazine rings is 1. The molecule has 0 radical (unpaired) electrons. The summed E-state index contributed by atoms with van der Waals surface area (Å²) < 4.78 is 0. The first-order valence-electron chi connectivity index (χ1n) is 7.99. The van der Waals surface area contributed by atoms with E-state index in [1.165, 1.54) is 9.75 Å². The van der Waals surface area contributed by atoms with Gasteiger partial charge in [0.05, 0.1) is 0 Å². The van der Waals surface area contributed by atoms with Crippen molar-refractivity contribution in [1.29, 1.82) is 0 Å². The standard InChI is InChI=1S/C16H27N3OS/c1-14-6-7-15(21-14)4-2-5-16(20)18-8-3-11-19-12-9-17-10-13-19/h6-7,17H,2-5,8-13H2,1H3,(H,18,20). The van der Waals surface area contributed by atoms with Crippen LogP contribution in [0.1, 0.15) is 29.0 Å². The lowest BCUT2D eigenvalue weighted by molar-refractivity contribution is -0.121. The molecule has 1 aromatic heterocycles. The van der Waals surface area contributed by atoms with Crippen molar-refractivity contribution in [3.63, 3.8) is 0 Å². The van der Waals surface area contributed by atoms with Crippen molar-refractivity contribution in [3.8, 4) is 0 Å². The molecule has 0 unspecified atom stereocenters. The number of amides is 1. The molecule has 0 spiro atoms. The topological polar surface area (TPSA) is 44.4 Å². The highest BCUT2D eigenvalue weighted by Gasteiger charge is 2.08. The number of aryl methyl sites for hydroxylation is 2. The van der Waals surface area contributed by atoms with Crippen molar-refractivity contribution in [2.45, 2.75) is 32.6 Å². The van der Waals surface area contributed by atoms with Crippen LogP contribution in [0.2, 0.25) is 0 Å². The lowest BCUT2D eigenvalue weighted by atomic mass is 10.2. The van der Waals surface area contributed by atoms with Crippen molar-refractivity contribution in [2.75, 3.05) is 39.3 Å². The fourth-order valence-electron chi connectivity index (χ4n) is 2.60. The molecule has 1 aliphatic rings. The molecule has 1 saturated heterocycles. The van der Waals surface area contributed by atoms with Gasteiger partial charge in [-0.05, 0) is 44.9 Å². The van der Waals surface area contributed by atoms with Gasteiger partial charge in [0.15, 0.2) is 0 Å². The van der Waals surface area contributed by atoms with E-state index in [1.54, 1.807) is 0 Å². The Morgan fingerprint density at radius 1 is 1.33 bits per heavy atom. The Kier molecular flexibility index (Phi) is 7.19. The Bertz CT molecular complexity index is 427. The van der Waals surface area contributed by atoms with Crippen LogP contribution in [0.4, 0.5) is 0 Å². The highest BCUT2D eigenvalue weighted by molar-refractivity contribution is 7.11. The van der Waals surface area contributed by atoms with Crippen molar-refractivity contribution in [3.05, 3.63) is 21.9 Å². The van der Waals surface area contributed by atoms with E-state index in [-0.39, 0.29) is 5.91 Å². The molecule has 118 valence electrons. The number of rotatable bonds is 8. The van der Waals surface area contributed by atoms with Gasteiger partial charge in [0.1, 0.15) is 0 Å². The number of carbonyl (C=O) groups excluding carboxylic acids is 1. The third kappa shape index (κ3) is 6.59. The molecule has 1 fully saturated rings. The maximum absolute atomic E-state index is 11.8.